The van der Waals surface area contributed by atoms with Crippen molar-refractivity contribution in [3.8, 4) is 11.5 Å². The summed E-state index contributed by atoms with van der Waals surface area (Å²) in [6.07, 6.45) is 0.0767. The molecule has 0 heterocycles. The summed E-state index contributed by atoms with van der Waals surface area (Å²) in [5.41, 5.74) is 7.02. The molecule has 0 bridgehead atoms. The second-order valence-electron chi connectivity index (χ2n) is 7.36. The summed E-state index contributed by atoms with van der Waals surface area (Å²) in [4.78, 5) is 24.4. The van der Waals surface area contributed by atoms with Crippen molar-refractivity contribution < 1.29 is 26.9 Å². The number of hydrogen-bond donors (Lipinski definition) is 2. The van der Waals surface area contributed by atoms with Gasteiger partial charge in [-0.15, -0.1) is 0 Å². The van der Waals surface area contributed by atoms with Gasteiger partial charge in [0.1, 0.15) is 16.4 Å². The average molecular weight is 469 g/mol. The normalized spacial score (nSPS) is 10.9. The molecule has 0 aliphatic heterocycles. The van der Waals surface area contributed by atoms with Gasteiger partial charge in [0.2, 0.25) is 5.91 Å². The molecule has 0 spiro atoms. The summed E-state index contributed by atoms with van der Waals surface area (Å²) < 4.78 is 35.5. The van der Waals surface area contributed by atoms with Crippen molar-refractivity contribution in [3.05, 3.63) is 89.0 Å². The number of ether oxygens (including phenoxy) is 1. The summed E-state index contributed by atoms with van der Waals surface area (Å²) in [6, 6.07) is 17.6. The lowest BCUT2D eigenvalue weighted by Crippen LogP contribution is -2.42. The minimum Gasteiger partial charge on any atom is -0.497 e. The molecular weight excluding hydrogens is 444 g/mol. The number of hydrogen-bond acceptors (Lipinski definition) is 6. The van der Waals surface area contributed by atoms with E-state index in [1.54, 1.807) is 57.4 Å². The first kappa shape index (κ1) is 23.8. The summed E-state index contributed by atoms with van der Waals surface area (Å²) >= 11 is 0. The predicted octanol–water partition coefficient (Wildman–Crippen LogP) is 3.08. The highest BCUT2D eigenvalue weighted by molar-refractivity contribution is 7.87. The lowest BCUT2D eigenvalue weighted by Gasteiger charge is -2.11. The number of benzene rings is 3. The maximum atomic E-state index is 12.6. The van der Waals surface area contributed by atoms with E-state index in [1.165, 1.54) is 24.3 Å². The highest BCUT2D eigenvalue weighted by Crippen LogP contribution is 2.22. The quantitative estimate of drug-likeness (QED) is 0.407. The Balaban J connectivity index is 1.57. The Morgan fingerprint density at radius 1 is 0.848 bits per heavy atom. The third kappa shape index (κ3) is 6.33. The molecule has 8 nitrogen and oxygen atoms in total. The lowest BCUT2D eigenvalue weighted by atomic mass is 10.1. The van der Waals surface area contributed by atoms with Crippen LogP contribution in [0.4, 0.5) is 0 Å². The zero-order chi connectivity index (χ0) is 24.0. The van der Waals surface area contributed by atoms with E-state index in [0.29, 0.717) is 11.3 Å². The number of hydrazine groups is 1. The van der Waals surface area contributed by atoms with Crippen LogP contribution in [0.25, 0.3) is 0 Å². The summed E-state index contributed by atoms with van der Waals surface area (Å²) in [5.74, 6) is -0.201. The molecule has 3 rings (SSSR count). The van der Waals surface area contributed by atoms with E-state index < -0.39 is 21.9 Å². The van der Waals surface area contributed by atoms with E-state index in [4.69, 9.17) is 8.92 Å². The van der Waals surface area contributed by atoms with Crippen molar-refractivity contribution >= 4 is 21.9 Å². The van der Waals surface area contributed by atoms with Crippen LogP contribution < -0.4 is 19.8 Å². The van der Waals surface area contributed by atoms with Gasteiger partial charge in [-0.2, -0.15) is 8.42 Å². The first-order valence-corrected chi connectivity index (χ1v) is 11.4. The Morgan fingerprint density at radius 3 is 2.12 bits per heavy atom. The fourth-order valence-electron chi connectivity index (χ4n) is 2.98. The van der Waals surface area contributed by atoms with Gasteiger partial charge in [0.15, 0.2) is 0 Å². The number of amides is 2. The van der Waals surface area contributed by atoms with Gasteiger partial charge in [-0.3, -0.25) is 20.4 Å². The van der Waals surface area contributed by atoms with E-state index in [-0.39, 0.29) is 22.6 Å². The third-order valence-corrected chi connectivity index (χ3v) is 6.16. The van der Waals surface area contributed by atoms with Gasteiger partial charge < -0.3 is 8.92 Å². The topological polar surface area (TPSA) is 111 Å². The molecule has 0 saturated heterocycles. The van der Waals surface area contributed by atoms with Gasteiger partial charge in [-0.05, 0) is 73.0 Å². The van der Waals surface area contributed by atoms with Crippen molar-refractivity contribution in [1.29, 1.82) is 0 Å². The molecule has 0 radical (unpaired) electrons. The van der Waals surface area contributed by atoms with Crippen molar-refractivity contribution in [2.45, 2.75) is 25.2 Å². The molecule has 33 heavy (non-hydrogen) atoms. The standard InChI is InChI=1S/C24H24N2O6S/c1-16-4-5-17(2)22(14-16)33(29,30)32-21-12-8-19(9-13-21)24(28)26-25-23(27)15-18-6-10-20(31-3)11-7-18/h4-14H,15H2,1-3H3,(H,25,27)(H,26,28). The van der Waals surface area contributed by atoms with E-state index in [0.717, 1.165) is 11.1 Å². The molecule has 0 aliphatic carbocycles. The maximum absolute atomic E-state index is 12.6. The van der Waals surface area contributed by atoms with E-state index in [2.05, 4.69) is 10.9 Å². The van der Waals surface area contributed by atoms with E-state index >= 15 is 0 Å². The molecule has 0 saturated carbocycles. The number of rotatable bonds is 7. The van der Waals surface area contributed by atoms with E-state index in [9.17, 15) is 18.0 Å². The summed E-state index contributed by atoms with van der Waals surface area (Å²) in [5, 5.41) is 0. The molecule has 0 aromatic heterocycles. The second kappa shape index (κ2) is 10.2. The molecular formula is C24H24N2O6S. The number of aryl methyl sites for hydroxylation is 2. The minimum atomic E-state index is -4.02. The monoisotopic (exact) mass is 468 g/mol. The van der Waals surface area contributed by atoms with Crippen molar-refractivity contribution in [3.63, 3.8) is 0 Å². The molecule has 2 N–H and O–H groups in total. The minimum absolute atomic E-state index is 0.0657. The zero-order valence-corrected chi connectivity index (χ0v) is 19.2. The van der Waals surface area contributed by atoms with Gasteiger partial charge in [0.05, 0.1) is 13.5 Å². The largest absolute Gasteiger partial charge is 0.497 e. The Kier molecular flexibility index (Phi) is 7.34. The van der Waals surface area contributed by atoms with Crippen molar-refractivity contribution in [1.82, 2.24) is 10.9 Å². The smallest absolute Gasteiger partial charge is 0.339 e. The van der Waals surface area contributed by atoms with Gasteiger partial charge in [-0.1, -0.05) is 24.3 Å². The molecule has 3 aromatic carbocycles. The Morgan fingerprint density at radius 2 is 1.48 bits per heavy atom. The van der Waals surface area contributed by atoms with Crippen LogP contribution in [-0.2, 0) is 21.3 Å². The zero-order valence-electron chi connectivity index (χ0n) is 18.4. The number of nitrogens with one attached hydrogen (secondary N) is 2. The maximum Gasteiger partial charge on any atom is 0.339 e. The molecule has 3 aromatic rings. The van der Waals surface area contributed by atoms with Crippen LogP contribution in [0, 0.1) is 13.8 Å². The molecule has 0 fully saturated rings. The van der Waals surface area contributed by atoms with Crippen LogP contribution in [0.2, 0.25) is 0 Å². The molecule has 0 unspecified atom stereocenters. The summed E-state index contributed by atoms with van der Waals surface area (Å²) in [6.45, 7) is 3.48. The van der Waals surface area contributed by atoms with Gasteiger partial charge in [-0.25, -0.2) is 0 Å². The van der Waals surface area contributed by atoms with Crippen LogP contribution in [-0.4, -0.2) is 27.3 Å². The fraction of sp³-hybridized carbons (Fsp3) is 0.167. The number of methoxy groups -OCH3 is 1. The Hall–Kier alpha value is -3.85. The first-order valence-electron chi connectivity index (χ1n) is 10.0. The highest BCUT2D eigenvalue weighted by atomic mass is 32.2. The highest BCUT2D eigenvalue weighted by Gasteiger charge is 2.20. The fourth-order valence-corrected chi connectivity index (χ4v) is 4.23. The SMILES string of the molecule is COc1ccc(CC(=O)NNC(=O)c2ccc(OS(=O)(=O)c3cc(C)ccc3C)cc2)cc1. The second-order valence-corrected chi connectivity index (χ2v) is 8.87. The van der Waals surface area contributed by atoms with Crippen LogP contribution in [0.3, 0.4) is 0 Å². The van der Waals surface area contributed by atoms with Gasteiger partial charge >= 0.3 is 10.1 Å². The third-order valence-electron chi connectivity index (χ3n) is 4.77. The molecule has 0 atom stereocenters. The molecule has 9 heteroatoms. The van der Waals surface area contributed by atoms with Crippen LogP contribution in [0.1, 0.15) is 27.0 Å². The predicted molar refractivity (Wildman–Crippen MR) is 122 cm³/mol. The number of carbonyl (C=O) groups excluding carboxylic acids is 2. The van der Waals surface area contributed by atoms with E-state index in [1.807, 2.05) is 6.07 Å². The first-order chi connectivity index (χ1) is 15.7. The molecule has 172 valence electrons. The van der Waals surface area contributed by atoms with Crippen LogP contribution in [0.5, 0.6) is 11.5 Å². The average Bonchev–Trinajstić information content (AvgIpc) is 2.79. The van der Waals surface area contributed by atoms with Gasteiger partial charge in [0, 0.05) is 5.56 Å². The lowest BCUT2D eigenvalue weighted by molar-refractivity contribution is -0.121. The van der Waals surface area contributed by atoms with Crippen molar-refractivity contribution in [2.75, 3.05) is 7.11 Å². The van der Waals surface area contributed by atoms with Crippen LogP contribution in [0.15, 0.2) is 71.6 Å². The molecule has 2 amide bonds. The summed E-state index contributed by atoms with van der Waals surface area (Å²) in [7, 11) is -2.47. The van der Waals surface area contributed by atoms with Crippen molar-refractivity contribution in [2.24, 2.45) is 0 Å². The van der Waals surface area contributed by atoms with Gasteiger partial charge in [0.25, 0.3) is 5.91 Å². The Bertz CT molecular complexity index is 1250. The van der Waals surface area contributed by atoms with Crippen LogP contribution >= 0.6 is 0 Å². The molecule has 0 aliphatic rings. The Labute approximate surface area is 192 Å². The number of carbonyl (C=O) groups is 2.